The van der Waals surface area contributed by atoms with Crippen molar-refractivity contribution >= 4 is 23.7 Å². The smallest absolute Gasteiger partial charge is 0.317 e. The summed E-state index contributed by atoms with van der Waals surface area (Å²) in [6, 6.07) is 0. The van der Waals surface area contributed by atoms with Gasteiger partial charge < -0.3 is 43.7 Å². The van der Waals surface area contributed by atoms with Crippen LogP contribution in [0.15, 0.2) is 11.6 Å². The number of epoxide rings is 1. The second-order valence-corrected chi connectivity index (χ2v) is 19.2. The van der Waals surface area contributed by atoms with Gasteiger partial charge in [-0.05, 0) is 92.3 Å². The first-order valence-corrected chi connectivity index (χ1v) is 19.8. The lowest BCUT2D eigenvalue weighted by Gasteiger charge is -2.60. The molecule has 2 spiro atoms. The average Bonchev–Trinajstić information content (AvgIpc) is 3.94. The molecule has 6 fully saturated rings. The molecule has 0 aromatic heterocycles. The summed E-state index contributed by atoms with van der Waals surface area (Å²) in [6.07, 6.45) is -0.402. The Bertz CT molecular complexity index is 1600. The lowest BCUT2D eigenvalue weighted by molar-refractivity contribution is -0.303. The molecule has 2 aliphatic heterocycles. The predicted molar refractivity (Wildman–Crippen MR) is 190 cm³/mol. The van der Waals surface area contributed by atoms with Crippen LogP contribution in [-0.2, 0) is 47.6 Å². The second kappa shape index (κ2) is 13.1. The Morgan fingerprint density at radius 2 is 1.70 bits per heavy atom. The van der Waals surface area contributed by atoms with E-state index in [1.807, 2.05) is 13.8 Å². The summed E-state index contributed by atoms with van der Waals surface area (Å²) in [6.45, 7) is 15.9. The number of Topliss-reactive ketones (excluding diaryl/α,β-unsaturated/α-hetero) is 1. The largest absolute Gasteiger partial charge is 0.469 e. The number of ketones is 1. The number of aliphatic hydroxyl groups is 3. The summed E-state index contributed by atoms with van der Waals surface area (Å²) in [5, 5.41) is 33.2. The maximum Gasteiger partial charge on any atom is 0.317 e. The van der Waals surface area contributed by atoms with Crippen LogP contribution in [0.2, 0.25) is 0 Å². The van der Waals surface area contributed by atoms with Gasteiger partial charge >= 0.3 is 17.9 Å². The quantitative estimate of drug-likeness (QED) is 0.0966. The van der Waals surface area contributed by atoms with E-state index in [0.29, 0.717) is 12.8 Å². The summed E-state index contributed by atoms with van der Waals surface area (Å²) < 4.78 is 34.1. The molecular formula is C41H60O13. The van der Waals surface area contributed by atoms with E-state index in [1.54, 1.807) is 0 Å². The van der Waals surface area contributed by atoms with Crippen LogP contribution in [0.4, 0.5) is 0 Å². The van der Waals surface area contributed by atoms with Gasteiger partial charge in [0.1, 0.15) is 36.9 Å². The molecule has 0 bridgehead atoms. The summed E-state index contributed by atoms with van der Waals surface area (Å²) in [7, 11) is 1.16. The number of carbonyl (C=O) groups is 4. The van der Waals surface area contributed by atoms with E-state index >= 15 is 0 Å². The van der Waals surface area contributed by atoms with Crippen LogP contribution >= 0.6 is 0 Å². The SMILES string of the molecule is COC(=O)CC(=O)O[C@H]1[C@H](O[C@H]2CC[C@]34C[C@]35CC[C@]3(C)[C@@H]([C@H](C)C[C@@H](OC(C)=O)[C@@H]6OC6(C)C)C(=O)[C@H](O)[C@@]3(C)C5=CCC4C2(C)C)OC[C@@H](O)[C@@H]1O. The van der Waals surface area contributed by atoms with Crippen LogP contribution in [0.25, 0.3) is 0 Å². The van der Waals surface area contributed by atoms with Crippen molar-refractivity contribution in [1.82, 2.24) is 0 Å². The lowest BCUT2D eigenvalue weighted by atomic mass is 9.44. The van der Waals surface area contributed by atoms with Gasteiger partial charge in [-0.2, -0.15) is 0 Å². The molecule has 4 saturated carbocycles. The van der Waals surface area contributed by atoms with E-state index in [-0.39, 0.29) is 58.6 Å². The van der Waals surface area contributed by atoms with E-state index in [1.165, 1.54) is 12.5 Å². The van der Waals surface area contributed by atoms with Gasteiger partial charge in [0.05, 0.1) is 25.4 Å². The Morgan fingerprint density at radius 1 is 1.02 bits per heavy atom. The van der Waals surface area contributed by atoms with Crippen LogP contribution in [0.3, 0.4) is 0 Å². The van der Waals surface area contributed by atoms with E-state index in [4.69, 9.17) is 23.7 Å². The molecule has 0 aromatic rings. The van der Waals surface area contributed by atoms with Gasteiger partial charge in [0, 0.05) is 18.3 Å². The topological polar surface area (TPSA) is 188 Å². The molecule has 13 heteroatoms. The van der Waals surface area contributed by atoms with Crippen molar-refractivity contribution in [1.29, 1.82) is 0 Å². The Labute approximate surface area is 317 Å². The normalized spacial score (nSPS) is 46.3. The minimum atomic E-state index is -1.47. The van der Waals surface area contributed by atoms with Gasteiger partial charge in [-0.25, -0.2) is 0 Å². The van der Waals surface area contributed by atoms with Crippen molar-refractivity contribution in [3.8, 4) is 0 Å². The maximum atomic E-state index is 14.3. The van der Waals surface area contributed by atoms with Gasteiger partial charge in [0.25, 0.3) is 0 Å². The van der Waals surface area contributed by atoms with Gasteiger partial charge in [0.2, 0.25) is 0 Å². The van der Waals surface area contributed by atoms with Crippen molar-refractivity contribution in [2.75, 3.05) is 13.7 Å². The number of methoxy groups -OCH3 is 1. The summed E-state index contributed by atoms with van der Waals surface area (Å²) >= 11 is 0. The molecule has 0 radical (unpaired) electrons. The van der Waals surface area contributed by atoms with Crippen molar-refractivity contribution < 1.29 is 62.9 Å². The maximum absolute atomic E-state index is 14.3. The van der Waals surface area contributed by atoms with Crippen LogP contribution in [-0.4, -0.2) is 107 Å². The molecule has 3 N–H and O–H groups in total. The molecule has 5 aliphatic carbocycles. The summed E-state index contributed by atoms with van der Waals surface area (Å²) in [4.78, 5) is 50.7. The molecule has 2 heterocycles. The highest BCUT2D eigenvalue weighted by atomic mass is 16.7. The second-order valence-electron chi connectivity index (χ2n) is 19.2. The standard InChI is InChI=1S/C41H60O13/c1-20(16-23(51-21(2)42)34-37(5,6)54-34)29-31(47)33(48)39(8)25-11-10-24-36(3,4)26(12-13-40(24)19-41(25,40)15-14-38(29,39)7)52-35-32(30(46)22(43)18-50-35)53-28(45)17-27(44)49-9/h11,20,22-24,26,29-30,32-35,43,46,48H,10,12-19H2,1-9H3/t20-,22-,23-,24?,26+,29+,30+,32-,33+,34+,35+,38-,39-,40-,41+/m1/s1. The number of ether oxygens (including phenoxy) is 6. The van der Waals surface area contributed by atoms with Crippen molar-refractivity contribution in [3.05, 3.63) is 11.6 Å². The fourth-order valence-corrected chi connectivity index (χ4v) is 12.9. The number of carbonyl (C=O) groups excluding carboxylic acids is 4. The minimum absolute atomic E-state index is 0.0396. The Morgan fingerprint density at radius 3 is 2.33 bits per heavy atom. The molecule has 1 unspecified atom stereocenters. The van der Waals surface area contributed by atoms with Crippen LogP contribution in [0, 0.1) is 44.8 Å². The number of aliphatic hydroxyl groups excluding tert-OH is 3. The number of esters is 3. The van der Waals surface area contributed by atoms with Crippen LogP contribution in [0.1, 0.15) is 107 Å². The predicted octanol–water partition coefficient (Wildman–Crippen LogP) is 3.57. The third kappa shape index (κ3) is 5.68. The zero-order valence-electron chi connectivity index (χ0n) is 33.2. The minimum Gasteiger partial charge on any atom is -0.469 e. The van der Waals surface area contributed by atoms with Crippen molar-refractivity contribution in [2.45, 2.75) is 161 Å². The monoisotopic (exact) mass is 760 g/mol. The zero-order chi connectivity index (χ0) is 39.6. The van der Waals surface area contributed by atoms with Gasteiger partial charge in [0.15, 0.2) is 18.2 Å². The lowest BCUT2D eigenvalue weighted by Crippen LogP contribution is -2.59. The molecule has 15 atom stereocenters. The molecule has 0 amide bonds. The number of fused-ring (bicyclic) bond motifs is 2. The van der Waals surface area contributed by atoms with Crippen LogP contribution < -0.4 is 0 Å². The highest BCUT2D eigenvalue weighted by Crippen LogP contribution is 2.87. The molecule has 54 heavy (non-hydrogen) atoms. The number of rotatable bonds is 10. The fourth-order valence-electron chi connectivity index (χ4n) is 12.9. The van der Waals surface area contributed by atoms with Crippen LogP contribution in [0.5, 0.6) is 0 Å². The highest BCUT2D eigenvalue weighted by Gasteiger charge is 2.82. The molecule has 7 aliphatic rings. The third-order valence-electron chi connectivity index (χ3n) is 15.8. The van der Waals surface area contributed by atoms with E-state index in [9.17, 15) is 34.5 Å². The molecule has 13 nitrogen and oxygen atoms in total. The van der Waals surface area contributed by atoms with Crippen molar-refractivity contribution in [2.24, 2.45) is 44.8 Å². The first-order chi connectivity index (χ1) is 25.1. The first-order valence-electron chi connectivity index (χ1n) is 19.8. The van der Waals surface area contributed by atoms with E-state index in [2.05, 4.69) is 45.4 Å². The molecule has 2 saturated heterocycles. The van der Waals surface area contributed by atoms with Gasteiger partial charge in [-0.1, -0.05) is 46.3 Å². The summed E-state index contributed by atoms with van der Waals surface area (Å²) in [5.74, 6) is -2.58. The fraction of sp³-hybridized carbons (Fsp3) is 0.854. The Hall–Kier alpha value is -2.42. The number of hydrogen-bond acceptors (Lipinski definition) is 13. The number of hydrogen-bond donors (Lipinski definition) is 3. The molecular weight excluding hydrogens is 700 g/mol. The molecule has 302 valence electrons. The van der Waals surface area contributed by atoms with Gasteiger partial charge in [-0.15, -0.1) is 0 Å². The van der Waals surface area contributed by atoms with E-state index in [0.717, 1.165) is 39.2 Å². The Kier molecular flexibility index (Phi) is 9.62. The Balaban J connectivity index is 1.12. The first kappa shape index (κ1) is 39.8. The molecule has 0 aromatic carbocycles. The van der Waals surface area contributed by atoms with E-state index < -0.39 is 77.5 Å². The van der Waals surface area contributed by atoms with Gasteiger partial charge in [-0.3, -0.25) is 19.2 Å². The highest BCUT2D eigenvalue weighted by molar-refractivity contribution is 5.92. The van der Waals surface area contributed by atoms with Crippen molar-refractivity contribution in [3.63, 3.8) is 0 Å². The zero-order valence-corrected chi connectivity index (χ0v) is 33.2. The third-order valence-corrected chi connectivity index (χ3v) is 15.8. The average molecular weight is 761 g/mol. The molecule has 7 rings (SSSR count). The summed E-state index contributed by atoms with van der Waals surface area (Å²) in [5.41, 5.74) is -1.01. The number of allylic oxidation sites excluding steroid dienone is 1.